The Balaban J connectivity index is 1.44. The molecule has 0 aliphatic heterocycles. The first kappa shape index (κ1) is 18.6. The Labute approximate surface area is 162 Å². The predicted octanol–water partition coefficient (Wildman–Crippen LogP) is 1.85. The molecule has 0 spiro atoms. The summed E-state index contributed by atoms with van der Waals surface area (Å²) in [5.41, 5.74) is 1.68. The second kappa shape index (κ2) is 8.49. The number of nitrogens with one attached hydrogen (secondary N) is 2. The van der Waals surface area contributed by atoms with Crippen LogP contribution in [0, 0.1) is 0 Å². The maximum Gasteiger partial charge on any atom is 0.272 e. The van der Waals surface area contributed by atoms with E-state index in [0.29, 0.717) is 35.8 Å². The van der Waals surface area contributed by atoms with Crippen molar-refractivity contribution in [1.29, 1.82) is 0 Å². The fourth-order valence-electron chi connectivity index (χ4n) is 3.55. The summed E-state index contributed by atoms with van der Waals surface area (Å²) in [5.74, 6) is 0.414. The summed E-state index contributed by atoms with van der Waals surface area (Å²) in [7, 11) is 1.67. The molecular weight excluding hydrogens is 360 g/mol. The number of methoxy groups -OCH3 is 1. The Morgan fingerprint density at radius 2 is 2.18 bits per heavy atom. The fourth-order valence-corrected chi connectivity index (χ4v) is 3.55. The molecule has 1 fully saturated rings. The Bertz CT molecular complexity index is 915. The maximum atomic E-state index is 12.9. The molecule has 1 amide bonds. The quantitative estimate of drug-likeness (QED) is 0.602. The van der Waals surface area contributed by atoms with Crippen molar-refractivity contribution in [2.75, 3.05) is 20.3 Å². The first-order chi connectivity index (χ1) is 13.7. The molecule has 1 aliphatic carbocycles. The van der Waals surface area contributed by atoms with Crippen molar-refractivity contribution in [1.82, 2.24) is 29.8 Å². The highest BCUT2D eigenvalue weighted by Crippen LogP contribution is 2.22. The van der Waals surface area contributed by atoms with Crippen molar-refractivity contribution in [3.05, 3.63) is 36.8 Å². The largest absolute Gasteiger partial charge is 0.382 e. The van der Waals surface area contributed by atoms with Crippen LogP contribution in [0.15, 0.2) is 31.1 Å². The molecule has 3 aromatic heterocycles. The number of H-pyrrole nitrogens is 1. The number of fused-ring (bicyclic) bond motifs is 1. The molecule has 0 bridgehead atoms. The van der Waals surface area contributed by atoms with Gasteiger partial charge in [0.05, 0.1) is 36.7 Å². The number of rotatable bonds is 7. The van der Waals surface area contributed by atoms with Gasteiger partial charge in [-0.05, 0) is 25.7 Å². The van der Waals surface area contributed by atoms with E-state index in [1.165, 1.54) is 0 Å². The zero-order valence-electron chi connectivity index (χ0n) is 15.8. The van der Waals surface area contributed by atoms with E-state index in [4.69, 9.17) is 9.47 Å². The number of amides is 1. The van der Waals surface area contributed by atoms with Crippen LogP contribution in [0.4, 0.5) is 0 Å². The number of aromatic nitrogens is 5. The van der Waals surface area contributed by atoms with Gasteiger partial charge in [0.25, 0.3) is 5.91 Å². The lowest BCUT2D eigenvalue weighted by Crippen LogP contribution is -2.39. The average molecular weight is 384 g/mol. The standard InChI is InChI=1S/C19H24N6O3/c1-27-8-9-28-14-4-2-13(3-5-14)23-19(26)18-17-15(21-11-22-17)10-16(24-18)25-7-6-20-12-25/h6-7,10-14H,2-5,8-9H2,1H3,(H,21,22)(H,23,26)/t13-,14-. The normalized spacial score (nSPS) is 19.8. The second-order valence-electron chi connectivity index (χ2n) is 6.91. The minimum atomic E-state index is -0.194. The van der Waals surface area contributed by atoms with Gasteiger partial charge in [0.1, 0.15) is 12.1 Å². The zero-order valence-corrected chi connectivity index (χ0v) is 15.8. The molecule has 4 rings (SSSR count). The molecule has 3 heterocycles. The number of pyridine rings is 1. The lowest BCUT2D eigenvalue weighted by atomic mass is 9.93. The Kier molecular flexibility index (Phi) is 5.63. The van der Waals surface area contributed by atoms with Gasteiger partial charge in [0.2, 0.25) is 0 Å². The highest BCUT2D eigenvalue weighted by atomic mass is 16.5. The van der Waals surface area contributed by atoms with Crippen molar-refractivity contribution in [3.8, 4) is 5.82 Å². The molecule has 0 atom stereocenters. The molecule has 0 saturated heterocycles. The molecule has 0 radical (unpaired) electrons. The Morgan fingerprint density at radius 3 is 2.93 bits per heavy atom. The third-order valence-corrected chi connectivity index (χ3v) is 5.03. The van der Waals surface area contributed by atoms with E-state index in [9.17, 15) is 4.79 Å². The zero-order chi connectivity index (χ0) is 19.3. The van der Waals surface area contributed by atoms with Gasteiger partial charge >= 0.3 is 0 Å². The highest BCUT2D eigenvalue weighted by Gasteiger charge is 2.25. The van der Waals surface area contributed by atoms with Crippen LogP contribution in [-0.4, -0.2) is 62.9 Å². The van der Waals surface area contributed by atoms with E-state index in [1.54, 1.807) is 36.7 Å². The van der Waals surface area contributed by atoms with Crippen LogP contribution in [0.25, 0.3) is 16.9 Å². The third kappa shape index (κ3) is 4.05. The summed E-state index contributed by atoms with van der Waals surface area (Å²) in [4.78, 5) is 28.8. The van der Waals surface area contributed by atoms with Gasteiger partial charge in [-0.15, -0.1) is 0 Å². The molecule has 3 aromatic rings. The van der Waals surface area contributed by atoms with Crippen LogP contribution >= 0.6 is 0 Å². The molecule has 1 aliphatic rings. The third-order valence-electron chi connectivity index (χ3n) is 5.03. The van der Waals surface area contributed by atoms with Crippen LogP contribution in [0.2, 0.25) is 0 Å². The van der Waals surface area contributed by atoms with E-state index in [0.717, 1.165) is 25.7 Å². The smallest absolute Gasteiger partial charge is 0.272 e. The summed E-state index contributed by atoms with van der Waals surface area (Å²) in [5, 5.41) is 3.12. The molecular formula is C19H24N6O3. The summed E-state index contributed by atoms with van der Waals surface area (Å²) in [6, 6.07) is 1.94. The number of ether oxygens (including phenoxy) is 2. The number of carbonyl (C=O) groups excluding carboxylic acids is 1. The molecule has 9 heteroatoms. The van der Waals surface area contributed by atoms with E-state index in [1.807, 2.05) is 6.07 Å². The van der Waals surface area contributed by atoms with Gasteiger partial charge < -0.3 is 19.8 Å². The second-order valence-corrected chi connectivity index (χ2v) is 6.91. The molecule has 2 N–H and O–H groups in total. The molecule has 0 unspecified atom stereocenters. The van der Waals surface area contributed by atoms with Crippen molar-refractivity contribution in [3.63, 3.8) is 0 Å². The molecule has 28 heavy (non-hydrogen) atoms. The number of hydrogen-bond acceptors (Lipinski definition) is 6. The first-order valence-electron chi connectivity index (χ1n) is 9.48. The van der Waals surface area contributed by atoms with Crippen molar-refractivity contribution >= 4 is 16.9 Å². The molecule has 9 nitrogen and oxygen atoms in total. The van der Waals surface area contributed by atoms with Crippen LogP contribution in [0.3, 0.4) is 0 Å². The minimum Gasteiger partial charge on any atom is -0.382 e. The van der Waals surface area contributed by atoms with E-state index in [2.05, 4.69) is 25.3 Å². The van der Waals surface area contributed by atoms with Crippen molar-refractivity contribution in [2.24, 2.45) is 0 Å². The Hall–Kier alpha value is -2.78. The topological polar surface area (TPSA) is 107 Å². The van der Waals surface area contributed by atoms with Gasteiger partial charge in [-0.25, -0.2) is 15.0 Å². The lowest BCUT2D eigenvalue weighted by Gasteiger charge is -2.29. The highest BCUT2D eigenvalue weighted by molar-refractivity contribution is 6.03. The van der Waals surface area contributed by atoms with E-state index in [-0.39, 0.29) is 18.1 Å². The van der Waals surface area contributed by atoms with Gasteiger partial charge in [-0.3, -0.25) is 9.36 Å². The predicted molar refractivity (Wildman–Crippen MR) is 102 cm³/mol. The van der Waals surface area contributed by atoms with Crippen LogP contribution in [0.1, 0.15) is 36.2 Å². The summed E-state index contributed by atoms with van der Waals surface area (Å²) < 4.78 is 12.6. The Morgan fingerprint density at radius 1 is 1.32 bits per heavy atom. The number of imidazole rings is 2. The molecule has 148 valence electrons. The van der Waals surface area contributed by atoms with E-state index < -0.39 is 0 Å². The number of aromatic amines is 1. The average Bonchev–Trinajstić information content (AvgIpc) is 3.40. The summed E-state index contributed by atoms with van der Waals surface area (Å²) >= 11 is 0. The number of carbonyl (C=O) groups is 1. The van der Waals surface area contributed by atoms with Gasteiger partial charge in [0, 0.05) is 31.6 Å². The number of hydrogen-bond donors (Lipinski definition) is 2. The van der Waals surface area contributed by atoms with E-state index >= 15 is 0 Å². The first-order valence-corrected chi connectivity index (χ1v) is 9.48. The lowest BCUT2D eigenvalue weighted by molar-refractivity contribution is -0.00409. The molecule has 1 saturated carbocycles. The van der Waals surface area contributed by atoms with Crippen LogP contribution < -0.4 is 5.32 Å². The van der Waals surface area contributed by atoms with Gasteiger partial charge in [-0.1, -0.05) is 0 Å². The van der Waals surface area contributed by atoms with Gasteiger partial charge in [0.15, 0.2) is 5.69 Å². The maximum absolute atomic E-state index is 12.9. The van der Waals surface area contributed by atoms with Gasteiger partial charge in [-0.2, -0.15) is 0 Å². The monoisotopic (exact) mass is 384 g/mol. The van der Waals surface area contributed by atoms with Crippen LogP contribution in [0.5, 0.6) is 0 Å². The molecule has 0 aromatic carbocycles. The van der Waals surface area contributed by atoms with Crippen LogP contribution in [-0.2, 0) is 9.47 Å². The van der Waals surface area contributed by atoms with Crippen molar-refractivity contribution in [2.45, 2.75) is 37.8 Å². The van der Waals surface area contributed by atoms with Crippen molar-refractivity contribution < 1.29 is 14.3 Å². The fraction of sp³-hybridized carbons (Fsp3) is 0.474. The number of nitrogens with zero attached hydrogens (tertiary/aromatic N) is 4. The minimum absolute atomic E-state index is 0.117. The summed E-state index contributed by atoms with van der Waals surface area (Å²) in [6.45, 7) is 1.22. The summed E-state index contributed by atoms with van der Waals surface area (Å²) in [6.07, 6.45) is 10.5. The SMILES string of the molecule is COCCO[C@H]1CC[C@H](NC(=O)c2nc(-n3ccnc3)cc3nc[nH]c23)CC1.